The second-order valence-electron chi connectivity index (χ2n) is 8.61. The number of rotatable bonds is 6. The van der Waals surface area contributed by atoms with Gasteiger partial charge in [0.25, 0.3) is 0 Å². The fraction of sp³-hybridized carbons (Fsp3) is 0.714. The number of imidazole rings is 1. The highest BCUT2D eigenvalue weighted by molar-refractivity contribution is 5.79. The first kappa shape index (κ1) is 19.2. The van der Waals surface area contributed by atoms with Crippen LogP contribution in [0, 0.1) is 5.92 Å². The van der Waals surface area contributed by atoms with Crippen LogP contribution in [-0.4, -0.2) is 36.8 Å². The average molecular weight is 385 g/mol. The summed E-state index contributed by atoms with van der Waals surface area (Å²) in [6, 6.07) is 0. The van der Waals surface area contributed by atoms with Gasteiger partial charge in [-0.3, -0.25) is 4.79 Å². The largest absolute Gasteiger partial charge is 0.354 e. The normalized spacial score (nSPS) is 20.3. The first-order valence-electron chi connectivity index (χ1n) is 10.8. The minimum atomic E-state index is 0.0499. The molecule has 1 unspecified atom stereocenters. The lowest BCUT2D eigenvalue weighted by atomic mass is 9.88. The predicted molar refractivity (Wildman–Crippen MR) is 107 cm³/mol. The van der Waals surface area contributed by atoms with Crippen LogP contribution in [0.2, 0.25) is 0 Å². The van der Waals surface area contributed by atoms with Crippen LogP contribution in [0.5, 0.6) is 0 Å². The van der Waals surface area contributed by atoms with Crippen molar-refractivity contribution in [2.24, 2.45) is 5.92 Å². The summed E-state index contributed by atoms with van der Waals surface area (Å²) >= 11 is 0. The third kappa shape index (κ3) is 3.98. The molecular formula is C21H32N6O. The summed E-state index contributed by atoms with van der Waals surface area (Å²) in [5.41, 5.74) is 1.23. The van der Waals surface area contributed by atoms with Crippen molar-refractivity contribution in [2.75, 3.05) is 6.54 Å². The minimum absolute atomic E-state index is 0.0499. The van der Waals surface area contributed by atoms with Gasteiger partial charge in [-0.2, -0.15) is 0 Å². The van der Waals surface area contributed by atoms with E-state index in [0.29, 0.717) is 24.9 Å². The molecule has 0 aromatic carbocycles. The van der Waals surface area contributed by atoms with Crippen molar-refractivity contribution in [1.29, 1.82) is 0 Å². The maximum absolute atomic E-state index is 12.7. The molecular weight excluding hydrogens is 352 g/mol. The van der Waals surface area contributed by atoms with E-state index in [-0.39, 0.29) is 11.8 Å². The highest BCUT2D eigenvalue weighted by Gasteiger charge is 2.29. The Balaban J connectivity index is 1.31. The molecule has 2 aromatic heterocycles. The quantitative estimate of drug-likeness (QED) is 0.830. The number of carbonyl (C=O) groups is 1. The van der Waals surface area contributed by atoms with Gasteiger partial charge in [-0.05, 0) is 19.3 Å². The Morgan fingerprint density at radius 3 is 2.86 bits per heavy atom. The summed E-state index contributed by atoms with van der Waals surface area (Å²) in [7, 11) is 0. The van der Waals surface area contributed by atoms with Gasteiger partial charge in [0.15, 0.2) is 0 Å². The Hall–Kier alpha value is -2.18. The van der Waals surface area contributed by atoms with Gasteiger partial charge in [0.2, 0.25) is 5.91 Å². The Morgan fingerprint density at radius 1 is 1.25 bits per heavy atom. The molecule has 1 atom stereocenters. The molecule has 1 saturated carbocycles. The second-order valence-corrected chi connectivity index (χ2v) is 8.61. The van der Waals surface area contributed by atoms with Gasteiger partial charge in [-0.1, -0.05) is 33.1 Å². The number of aromatic nitrogens is 5. The standard InChI is InChI=1S/C21H32N6O/c1-15(2)19-25-24-14-26(19)11-9-22-21(28)17-8-10-27-18(12-17)13-23-20(27)16-6-4-3-5-7-16/h13-17H,3-12H2,1-2H3,(H,22,28). The molecule has 0 spiro atoms. The molecule has 0 saturated heterocycles. The molecule has 1 aliphatic heterocycles. The number of carbonyl (C=O) groups excluding carboxylic acids is 1. The van der Waals surface area contributed by atoms with Crippen molar-refractivity contribution < 1.29 is 4.79 Å². The van der Waals surface area contributed by atoms with Gasteiger partial charge in [0.1, 0.15) is 18.0 Å². The molecule has 1 fully saturated rings. The third-order valence-electron chi connectivity index (χ3n) is 6.28. The zero-order valence-electron chi connectivity index (χ0n) is 17.1. The number of fused-ring (bicyclic) bond motifs is 1. The van der Waals surface area contributed by atoms with Crippen molar-refractivity contribution >= 4 is 5.91 Å². The van der Waals surface area contributed by atoms with Crippen LogP contribution in [0.3, 0.4) is 0 Å². The van der Waals surface area contributed by atoms with Crippen molar-refractivity contribution in [3.63, 3.8) is 0 Å². The Morgan fingerprint density at radius 2 is 2.07 bits per heavy atom. The molecule has 3 heterocycles. The monoisotopic (exact) mass is 384 g/mol. The summed E-state index contributed by atoms with van der Waals surface area (Å²) in [4.78, 5) is 17.4. The van der Waals surface area contributed by atoms with Crippen molar-refractivity contribution in [1.82, 2.24) is 29.6 Å². The molecule has 1 amide bonds. The van der Waals surface area contributed by atoms with Crippen LogP contribution in [0.15, 0.2) is 12.5 Å². The Bertz CT molecular complexity index is 802. The third-order valence-corrected chi connectivity index (χ3v) is 6.28. The fourth-order valence-corrected chi connectivity index (χ4v) is 4.73. The van der Waals surface area contributed by atoms with Crippen LogP contribution in [0.1, 0.15) is 81.6 Å². The summed E-state index contributed by atoms with van der Waals surface area (Å²) in [5.74, 6) is 3.38. The van der Waals surface area contributed by atoms with E-state index in [1.54, 1.807) is 6.33 Å². The van der Waals surface area contributed by atoms with Gasteiger partial charge < -0.3 is 14.5 Å². The lowest BCUT2D eigenvalue weighted by Crippen LogP contribution is -2.37. The van der Waals surface area contributed by atoms with Crippen LogP contribution >= 0.6 is 0 Å². The molecule has 0 bridgehead atoms. The average Bonchev–Trinajstić information content (AvgIpc) is 3.35. The van der Waals surface area contributed by atoms with E-state index in [2.05, 4.69) is 33.9 Å². The van der Waals surface area contributed by atoms with Gasteiger partial charge >= 0.3 is 0 Å². The zero-order chi connectivity index (χ0) is 19.5. The van der Waals surface area contributed by atoms with E-state index < -0.39 is 0 Å². The van der Waals surface area contributed by atoms with E-state index >= 15 is 0 Å². The topological polar surface area (TPSA) is 77.6 Å². The summed E-state index contributed by atoms with van der Waals surface area (Å²) in [5, 5.41) is 11.3. The number of nitrogens with one attached hydrogen (secondary N) is 1. The smallest absolute Gasteiger partial charge is 0.223 e. The Labute approximate surface area is 166 Å². The number of amides is 1. The van der Waals surface area contributed by atoms with Crippen LogP contribution in [0.25, 0.3) is 0 Å². The number of nitrogens with zero attached hydrogens (tertiary/aromatic N) is 5. The van der Waals surface area contributed by atoms with E-state index in [1.807, 2.05) is 10.8 Å². The lowest BCUT2D eigenvalue weighted by molar-refractivity contribution is -0.125. The van der Waals surface area contributed by atoms with Crippen LogP contribution < -0.4 is 5.32 Å². The molecule has 2 aromatic rings. The van der Waals surface area contributed by atoms with Gasteiger partial charge in [0, 0.05) is 55.7 Å². The fourth-order valence-electron chi connectivity index (χ4n) is 4.73. The zero-order valence-corrected chi connectivity index (χ0v) is 17.1. The first-order chi connectivity index (χ1) is 13.6. The van der Waals surface area contributed by atoms with Gasteiger partial charge in [-0.15, -0.1) is 10.2 Å². The molecule has 1 aliphatic carbocycles. The first-order valence-corrected chi connectivity index (χ1v) is 10.8. The highest BCUT2D eigenvalue weighted by atomic mass is 16.1. The van der Waals surface area contributed by atoms with Crippen molar-refractivity contribution in [3.8, 4) is 0 Å². The lowest BCUT2D eigenvalue weighted by Gasteiger charge is -2.27. The highest BCUT2D eigenvalue weighted by Crippen LogP contribution is 2.34. The van der Waals surface area contributed by atoms with Gasteiger partial charge in [-0.25, -0.2) is 4.98 Å². The summed E-state index contributed by atoms with van der Waals surface area (Å²) in [6.07, 6.45) is 12.0. The summed E-state index contributed by atoms with van der Waals surface area (Å²) in [6.45, 7) is 6.45. The minimum Gasteiger partial charge on any atom is -0.354 e. The van der Waals surface area contributed by atoms with E-state index in [9.17, 15) is 4.79 Å². The molecule has 7 heteroatoms. The molecule has 1 N–H and O–H groups in total. The molecule has 7 nitrogen and oxygen atoms in total. The van der Waals surface area contributed by atoms with Gasteiger partial charge in [0.05, 0.1) is 0 Å². The van der Waals surface area contributed by atoms with E-state index in [4.69, 9.17) is 4.98 Å². The van der Waals surface area contributed by atoms with Crippen LogP contribution in [0.4, 0.5) is 0 Å². The molecule has 0 radical (unpaired) electrons. The SMILES string of the molecule is CC(C)c1nncn1CCNC(=O)C1CCn2c(cnc2C2CCCCC2)C1. The molecule has 152 valence electrons. The van der Waals surface area contributed by atoms with E-state index in [0.717, 1.165) is 25.2 Å². The maximum Gasteiger partial charge on any atom is 0.223 e. The molecule has 4 rings (SSSR count). The van der Waals surface area contributed by atoms with Crippen LogP contribution in [-0.2, 0) is 24.3 Å². The number of hydrogen-bond acceptors (Lipinski definition) is 4. The van der Waals surface area contributed by atoms with E-state index in [1.165, 1.54) is 43.6 Å². The molecule has 2 aliphatic rings. The Kier molecular flexibility index (Phi) is 5.78. The number of hydrogen-bond donors (Lipinski definition) is 1. The maximum atomic E-state index is 12.7. The van der Waals surface area contributed by atoms with Crippen molar-refractivity contribution in [2.45, 2.75) is 83.7 Å². The molecule has 28 heavy (non-hydrogen) atoms. The second kappa shape index (κ2) is 8.45. The van der Waals surface area contributed by atoms with Crippen molar-refractivity contribution in [3.05, 3.63) is 29.9 Å². The summed E-state index contributed by atoms with van der Waals surface area (Å²) < 4.78 is 4.42. The predicted octanol–water partition coefficient (Wildman–Crippen LogP) is 3.02.